The Morgan fingerprint density at radius 1 is 1.36 bits per heavy atom. The standard InChI is InChI=1S/C10H14ClNO2/c1-6-7(5-12)8(11)4-9(13-2)10(6)14-3/h4H,5,12H2,1-3H3. The van der Waals surface area contributed by atoms with Crippen LogP contribution < -0.4 is 15.2 Å². The molecule has 0 amide bonds. The molecule has 0 aliphatic rings. The average Bonchev–Trinajstić information content (AvgIpc) is 2.17. The fraction of sp³-hybridized carbons (Fsp3) is 0.400. The Morgan fingerprint density at radius 2 is 2.00 bits per heavy atom. The molecule has 0 spiro atoms. The quantitative estimate of drug-likeness (QED) is 0.840. The Bertz CT molecular complexity index is 339. The van der Waals surface area contributed by atoms with Gasteiger partial charge >= 0.3 is 0 Å². The summed E-state index contributed by atoms with van der Waals surface area (Å²) in [5.74, 6) is 1.32. The first-order valence-electron chi connectivity index (χ1n) is 4.25. The van der Waals surface area contributed by atoms with Gasteiger partial charge in [-0.25, -0.2) is 0 Å². The van der Waals surface area contributed by atoms with Crippen molar-refractivity contribution in [1.29, 1.82) is 0 Å². The highest BCUT2D eigenvalue weighted by Gasteiger charge is 2.14. The SMILES string of the molecule is COc1cc(Cl)c(CN)c(C)c1OC. The Labute approximate surface area is 88.8 Å². The van der Waals surface area contributed by atoms with Crippen LogP contribution in [-0.4, -0.2) is 14.2 Å². The van der Waals surface area contributed by atoms with Gasteiger partial charge in [-0.3, -0.25) is 0 Å². The Kier molecular flexibility index (Phi) is 3.61. The maximum Gasteiger partial charge on any atom is 0.164 e. The van der Waals surface area contributed by atoms with Gasteiger partial charge in [0.15, 0.2) is 11.5 Å². The van der Waals surface area contributed by atoms with Gasteiger partial charge in [0.05, 0.1) is 14.2 Å². The van der Waals surface area contributed by atoms with Gasteiger partial charge in [0, 0.05) is 23.2 Å². The van der Waals surface area contributed by atoms with Gasteiger partial charge in [-0.1, -0.05) is 11.6 Å². The molecule has 1 aromatic rings. The maximum atomic E-state index is 6.03. The molecule has 1 aromatic carbocycles. The van der Waals surface area contributed by atoms with Crippen molar-refractivity contribution in [3.8, 4) is 11.5 Å². The molecule has 78 valence electrons. The molecular weight excluding hydrogens is 202 g/mol. The number of hydrogen-bond acceptors (Lipinski definition) is 3. The molecule has 0 fully saturated rings. The van der Waals surface area contributed by atoms with E-state index >= 15 is 0 Å². The zero-order valence-corrected chi connectivity index (χ0v) is 9.31. The van der Waals surface area contributed by atoms with E-state index < -0.39 is 0 Å². The van der Waals surface area contributed by atoms with Crippen LogP contribution in [0.1, 0.15) is 11.1 Å². The molecule has 0 heterocycles. The molecule has 0 aliphatic carbocycles. The van der Waals surface area contributed by atoms with Crippen molar-refractivity contribution < 1.29 is 9.47 Å². The first-order valence-corrected chi connectivity index (χ1v) is 4.63. The smallest absolute Gasteiger partial charge is 0.164 e. The number of nitrogens with two attached hydrogens (primary N) is 1. The Balaban J connectivity index is 3.39. The van der Waals surface area contributed by atoms with Crippen LogP contribution in [0, 0.1) is 6.92 Å². The third kappa shape index (κ3) is 1.79. The minimum atomic E-state index is 0.394. The second-order valence-electron chi connectivity index (χ2n) is 2.90. The summed E-state index contributed by atoms with van der Waals surface area (Å²) in [6.07, 6.45) is 0. The molecule has 0 bridgehead atoms. The third-order valence-electron chi connectivity index (χ3n) is 2.19. The maximum absolute atomic E-state index is 6.03. The topological polar surface area (TPSA) is 44.5 Å². The monoisotopic (exact) mass is 215 g/mol. The zero-order valence-electron chi connectivity index (χ0n) is 8.56. The van der Waals surface area contributed by atoms with Crippen LogP contribution in [0.25, 0.3) is 0 Å². The highest BCUT2D eigenvalue weighted by atomic mass is 35.5. The molecule has 14 heavy (non-hydrogen) atoms. The largest absolute Gasteiger partial charge is 0.493 e. The normalized spacial score (nSPS) is 10.1. The van der Waals surface area contributed by atoms with E-state index in [0.29, 0.717) is 23.1 Å². The van der Waals surface area contributed by atoms with Crippen molar-refractivity contribution in [2.75, 3.05) is 14.2 Å². The Hall–Kier alpha value is -0.930. The van der Waals surface area contributed by atoms with E-state index in [9.17, 15) is 0 Å². The van der Waals surface area contributed by atoms with Gasteiger partial charge in [0.2, 0.25) is 0 Å². The van der Waals surface area contributed by atoms with E-state index in [1.807, 2.05) is 6.92 Å². The van der Waals surface area contributed by atoms with E-state index in [4.69, 9.17) is 26.8 Å². The lowest BCUT2D eigenvalue weighted by atomic mass is 10.1. The van der Waals surface area contributed by atoms with Gasteiger partial charge in [-0.15, -0.1) is 0 Å². The third-order valence-corrected chi connectivity index (χ3v) is 2.53. The number of benzene rings is 1. The van der Waals surface area contributed by atoms with Crippen molar-refractivity contribution in [1.82, 2.24) is 0 Å². The summed E-state index contributed by atoms with van der Waals surface area (Å²) >= 11 is 6.03. The zero-order chi connectivity index (χ0) is 10.7. The second-order valence-corrected chi connectivity index (χ2v) is 3.31. The molecule has 1 rings (SSSR count). The van der Waals surface area contributed by atoms with Gasteiger partial charge < -0.3 is 15.2 Å². The van der Waals surface area contributed by atoms with Crippen LogP contribution in [0.2, 0.25) is 5.02 Å². The highest BCUT2D eigenvalue weighted by Crippen LogP contribution is 2.37. The van der Waals surface area contributed by atoms with Gasteiger partial charge in [0.25, 0.3) is 0 Å². The second kappa shape index (κ2) is 4.53. The lowest BCUT2D eigenvalue weighted by Gasteiger charge is -2.14. The number of methoxy groups -OCH3 is 2. The molecule has 3 nitrogen and oxygen atoms in total. The minimum absolute atomic E-state index is 0.394. The van der Waals surface area contributed by atoms with Gasteiger partial charge in [0.1, 0.15) is 0 Å². The van der Waals surface area contributed by atoms with E-state index in [0.717, 1.165) is 11.1 Å². The van der Waals surface area contributed by atoms with E-state index in [2.05, 4.69) is 0 Å². The lowest BCUT2D eigenvalue weighted by molar-refractivity contribution is 0.352. The van der Waals surface area contributed by atoms with E-state index in [-0.39, 0.29) is 0 Å². The number of rotatable bonds is 3. The summed E-state index contributed by atoms with van der Waals surface area (Å²) in [5, 5.41) is 0.614. The highest BCUT2D eigenvalue weighted by molar-refractivity contribution is 6.31. The summed E-state index contributed by atoms with van der Waals surface area (Å²) in [5.41, 5.74) is 7.41. The van der Waals surface area contributed by atoms with E-state index in [1.54, 1.807) is 20.3 Å². The first-order chi connectivity index (χ1) is 6.65. The summed E-state index contributed by atoms with van der Waals surface area (Å²) in [7, 11) is 3.18. The minimum Gasteiger partial charge on any atom is -0.493 e. The van der Waals surface area contributed by atoms with Crippen molar-refractivity contribution >= 4 is 11.6 Å². The van der Waals surface area contributed by atoms with Crippen molar-refractivity contribution in [2.45, 2.75) is 13.5 Å². The predicted molar refractivity (Wildman–Crippen MR) is 57.2 cm³/mol. The molecular formula is C10H14ClNO2. The van der Waals surface area contributed by atoms with Gasteiger partial charge in [-0.2, -0.15) is 0 Å². The summed E-state index contributed by atoms with van der Waals surface area (Å²) in [6.45, 7) is 2.31. The fourth-order valence-corrected chi connectivity index (χ4v) is 1.74. The first kappa shape index (κ1) is 11.1. The molecule has 0 aromatic heterocycles. The number of halogens is 1. The molecule has 0 saturated heterocycles. The molecule has 0 saturated carbocycles. The number of hydrogen-bond donors (Lipinski definition) is 1. The van der Waals surface area contributed by atoms with Crippen LogP contribution in [-0.2, 0) is 6.54 Å². The summed E-state index contributed by atoms with van der Waals surface area (Å²) in [6, 6.07) is 1.72. The molecule has 4 heteroatoms. The van der Waals surface area contributed by atoms with Crippen molar-refractivity contribution in [2.24, 2.45) is 5.73 Å². The van der Waals surface area contributed by atoms with Crippen LogP contribution >= 0.6 is 11.6 Å². The van der Waals surface area contributed by atoms with Crippen LogP contribution in [0.3, 0.4) is 0 Å². The fourth-order valence-electron chi connectivity index (χ4n) is 1.42. The molecule has 0 radical (unpaired) electrons. The molecule has 0 aliphatic heterocycles. The Morgan fingerprint density at radius 3 is 2.43 bits per heavy atom. The van der Waals surface area contributed by atoms with Crippen LogP contribution in [0.15, 0.2) is 6.07 Å². The van der Waals surface area contributed by atoms with Crippen LogP contribution in [0.4, 0.5) is 0 Å². The molecule has 0 atom stereocenters. The summed E-state index contributed by atoms with van der Waals surface area (Å²) in [4.78, 5) is 0. The van der Waals surface area contributed by atoms with Crippen LogP contribution in [0.5, 0.6) is 11.5 Å². The number of ether oxygens (including phenoxy) is 2. The molecule has 2 N–H and O–H groups in total. The van der Waals surface area contributed by atoms with Crippen molar-refractivity contribution in [3.63, 3.8) is 0 Å². The van der Waals surface area contributed by atoms with Gasteiger partial charge in [-0.05, 0) is 12.5 Å². The lowest BCUT2D eigenvalue weighted by Crippen LogP contribution is -2.03. The summed E-state index contributed by atoms with van der Waals surface area (Å²) < 4.78 is 10.4. The molecule has 0 unspecified atom stereocenters. The average molecular weight is 216 g/mol. The van der Waals surface area contributed by atoms with E-state index in [1.165, 1.54) is 0 Å². The van der Waals surface area contributed by atoms with Crippen molar-refractivity contribution in [3.05, 3.63) is 22.2 Å². The predicted octanol–water partition coefficient (Wildman–Crippen LogP) is 2.12.